The number of benzene rings is 1. The number of hydrogen-bond donors (Lipinski definition) is 2. The zero-order valence-electron chi connectivity index (χ0n) is 15.0. The van der Waals surface area contributed by atoms with E-state index in [0.717, 1.165) is 11.3 Å². The van der Waals surface area contributed by atoms with Crippen molar-refractivity contribution in [3.63, 3.8) is 0 Å². The molecule has 0 saturated heterocycles. The average molecular weight is 356 g/mol. The molecule has 1 aromatic carbocycles. The minimum absolute atomic E-state index is 0.0241. The third-order valence-electron chi connectivity index (χ3n) is 4.42. The van der Waals surface area contributed by atoms with E-state index in [1.807, 2.05) is 6.92 Å². The number of aromatic nitrogens is 2. The van der Waals surface area contributed by atoms with E-state index in [1.54, 1.807) is 33.5 Å². The number of aryl methyl sites for hydroxylation is 1. The summed E-state index contributed by atoms with van der Waals surface area (Å²) in [4.78, 5) is 0. The number of rotatable bonds is 5. The summed E-state index contributed by atoms with van der Waals surface area (Å²) in [7, 11) is 4.65. The largest absolute Gasteiger partial charge is 0.496 e. The second-order valence-electron chi connectivity index (χ2n) is 5.65. The summed E-state index contributed by atoms with van der Waals surface area (Å²) in [6.45, 7) is 1.99. The van der Waals surface area contributed by atoms with Gasteiger partial charge in [0.25, 0.3) is 0 Å². The Balaban J connectivity index is 2.31. The van der Waals surface area contributed by atoms with Crippen LogP contribution in [0.4, 0.5) is 0 Å². The zero-order chi connectivity index (χ0) is 18.8. The standard InChI is InChI=1S/C18H20N4O4/c1-5-11-16-15(10(8-19)17(20)26-18(16)22-21-11)9-6-13(24-3)14(25-4)7-12(9)23-2/h6-7,15H,5,20H2,1-4H3,(H,21,22). The van der Waals surface area contributed by atoms with Gasteiger partial charge in [0.1, 0.15) is 17.4 Å². The highest BCUT2D eigenvalue weighted by atomic mass is 16.5. The number of H-pyrrole nitrogens is 1. The van der Waals surface area contributed by atoms with Crippen LogP contribution in [0.1, 0.15) is 29.7 Å². The molecule has 8 nitrogen and oxygen atoms in total. The SMILES string of the molecule is CCc1[nH]nc2c1C(c1cc(OC)c(OC)cc1OC)C(C#N)=C(N)O2. The smallest absolute Gasteiger partial charge is 0.244 e. The lowest BCUT2D eigenvalue weighted by molar-refractivity contribution is 0.346. The van der Waals surface area contributed by atoms with Crippen LogP contribution in [0.5, 0.6) is 23.1 Å². The Morgan fingerprint density at radius 2 is 1.85 bits per heavy atom. The molecule has 3 N–H and O–H groups in total. The molecule has 1 aliphatic rings. The molecule has 1 unspecified atom stereocenters. The number of ether oxygens (including phenoxy) is 4. The van der Waals surface area contributed by atoms with Crippen LogP contribution in [0.25, 0.3) is 0 Å². The van der Waals surface area contributed by atoms with Gasteiger partial charge in [-0.25, -0.2) is 0 Å². The molecule has 1 atom stereocenters. The van der Waals surface area contributed by atoms with Crippen LogP contribution in [0.15, 0.2) is 23.6 Å². The highest BCUT2D eigenvalue weighted by Crippen LogP contribution is 2.48. The van der Waals surface area contributed by atoms with E-state index < -0.39 is 5.92 Å². The molecule has 1 aliphatic heterocycles. The van der Waals surface area contributed by atoms with Crippen molar-refractivity contribution in [2.24, 2.45) is 5.73 Å². The minimum Gasteiger partial charge on any atom is -0.496 e. The maximum atomic E-state index is 9.72. The molecular weight excluding hydrogens is 336 g/mol. The third kappa shape index (κ3) is 2.58. The summed E-state index contributed by atoms with van der Waals surface area (Å²) >= 11 is 0. The van der Waals surface area contributed by atoms with Crippen LogP contribution in [0, 0.1) is 11.3 Å². The van der Waals surface area contributed by atoms with Crippen molar-refractivity contribution in [1.29, 1.82) is 5.26 Å². The number of aromatic amines is 1. The Hall–Kier alpha value is -3.34. The normalized spacial score (nSPS) is 15.7. The Kier molecular flexibility index (Phi) is 4.63. The van der Waals surface area contributed by atoms with Gasteiger partial charge < -0.3 is 24.7 Å². The number of fused-ring (bicyclic) bond motifs is 1. The van der Waals surface area contributed by atoms with Gasteiger partial charge in [0.2, 0.25) is 11.8 Å². The molecule has 0 bridgehead atoms. The second-order valence-corrected chi connectivity index (χ2v) is 5.65. The molecule has 1 aromatic heterocycles. The molecule has 0 spiro atoms. The van der Waals surface area contributed by atoms with Crippen LogP contribution in [-0.4, -0.2) is 31.5 Å². The maximum Gasteiger partial charge on any atom is 0.244 e. The van der Waals surface area contributed by atoms with Crippen molar-refractivity contribution in [1.82, 2.24) is 10.2 Å². The summed E-state index contributed by atoms with van der Waals surface area (Å²) in [5.74, 6) is 1.49. The lowest BCUT2D eigenvalue weighted by Crippen LogP contribution is -2.21. The predicted octanol–water partition coefficient (Wildman–Crippen LogP) is 2.22. The summed E-state index contributed by atoms with van der Waals surface area (Å²) in [6, 6.07) is 5.67. The van der Waals surface area contributed by atoms with Gasteiger partial charge in [-0.15, -0.1) is 5.10 Å². The van der Waals surface area contributed by atoms with Gasteiger partial charge in [-0.3, -0.25) is 5.10 Å². The number of hydrogen-bond acceptors (Lipinski definition) is 7. The summed E-state index contributed by atoms with van der Waals surface area (Å²) in [5.41, 5.74) is 8.62. The quantitative estimate of drug-likeness (QED) is 0.844. The molecule has 26 heavy (non-hydrogen) atoms. The second kappa shape index (κ2) is 6.88. The first kappa shape index (κ1) is 17.5. The van der Waals surface area contributed by atoms with E-state index in [2.05, 4.69) is 16.3 Å². The molecule has 3 rings (SSSR count). The van der Waals surface area contributed by atoms with E-state index in [4.69, 9.17) is 24.7 Å². The fraction of sp³-hybridized carbons (Fsp3) is 0.333. The molecule has 2 heterocycles. The van der Waals surface area contributed by atoms with Crippen LogP contribution in [-0.2, 0) is 6.42 Å². The molecule has 0 fully saturated rings. The lowest BCUT2D eigenvalue weighted by atomic mass is 9.83. The van der Waals surface area contributed by atoms with E-state index in [9.17, 15) is 5.26 Å². The highest BCUT2D eigenvalue weighted by molar-refractivity contribution is 5.61. The van der Waals surface area contributed by atoms with Gasteiger partial charge in [0.05, 0.1) is 32.8 Å². The summed E-state index contributed by atoms with van der Waals surface area (Å²) in [6.07, 6.45) is 0.691. The van der Waals surface area contributed by atoms with Crippen LogP contribution in [0.3, 0.4) is 0 Å². The van der Waals surface area contributed by atoms with E-state index >= 15 is 0 Å². The molecular formula is C18H20N4O4. The van der Waals surface area contributed by atoms with Crippen molar-refractivity contribution < 1.29 is 18.9 Å². The topological polar surface area (TPSA) is 115 Å². The van der Waals surface area contributed by atoms with Gasteiger partial charge in [-0.1, -0.05) is 6.92 Å². The van der Waals surface area contributed by atoms with Crippen molar-refractivity contribution in [3.05, 3.63) is 40.4 Å². The number of nitrogens with zero attached hydrogens (tertiary/aromatic N) is 2. The predicted molar refractivity (Wildman–Crippen MR) is 93.4 cm³/mol. The van der Waals surface area contributed by atoms with Crippen LogP contribution >= 0.6 is 0 Å². The highest BCUT2D eigenvalue weighted by Gasteiger charge is 2.37. The van der Waals surface area contributed by atoms with Crippen molar-refractivity contribution in [3.8, 4) is 29.2 Å². The summed E-state index contributed by atoms with van der Waals surface area (Å²) in [5, 5.41) is 16.9. The molecule has 0 aliphatic carbocycles. The van der Waals surface area contributed by atoms with Crippen molar-refractivity contribution >= 4 is 0 Å². The van der Waals surface area contributed by atoms with Gasteiger partial charge in [-0.05, 0) is 12.5 Å². The molecule has 2 aromatic rings. The first-order chi connectivity index (χ1) is 12.6. The fourth-order valence-electron chi connectivity index (χ4n) is 3.17. The maximum absolute atomic E-state index is 9.72. The van der Waals surface area contributed by atoms with Crippen LogP contribution in [0.2, 0.25) is 0 Å². The number of nitrogens with two attached hydrogens (primary N) is 1. The van der Waals surface area contributed by atoms with Gasteiger partial charge >= 0.3 is 0 Å². The Morgan fingerprint density at radius 1 is 1.19 bits per heavy atom. The van der Waals surface area contributed by atoms with E-state index in [0.29, 0.717) is 40.7 Å². The summed E-state index contributed by atoms with van der Waals surface area (Å²) < 4.78 is 21.9. The fourth-order valence-corrected chi connectivity index (χ4v) is 3.17. The molecule has 0 radical (unpaired) electrons. The Morgan fingerprint density at radius 3 is 2.42 bits per heavy atom. The number of methoxy groups -OCH3 is 3. The molecule has 0 saturated carbocycles. The average Bonchev–Trinajstić information content (AvgIpc) is 3.08. The zero-order valence-corrected chi connectivity index (χ0v) is 15.0. The van der Waals surface area contributed by atoms with E-state index in [-0.39, 0.29) is 5.88 Å². The van der Waals surface area contributed by atoms with Gasteiger partial charge in [-0.2, -0.15) is 5.26 Å². The monoisotopic (exact) mass is 356 g/mol. The number of nitriles is 1. The Bertz CT molecular complexity index is 911. The molecule has 136 valence electrons. The number of nitrogens with one attached hydrogen (secondary N) is 1. The molecule has 0 amide bonds. The van der Waals surface area contributed by atoms with Gasteiger partial charge in [0.15, 0.2) is 11.5 Å². The Labute approximate surface area is 151 Å². The lowest BCUT2D eigenvalue weighted by Gasteiger charge is -2.26. The van der Waals surface area contributed by atoms with Crippen LogP contribution < -0.4 is 24.7 Å². The van der Waals surface area contributed by atoms with Crippen molar-refractivity contribution in [2.45, 2.75) is 19.3 Å². The van der Waals surface area contributed by atoms with Gasteiger partial charge in [0, 0.05) is 17.3 Å². The third-order valence-corrected chi connectivity index (χ3v) is 4.42. The number of allylic oxidation sites excluding steroid dienone is 1. The van der Waals surface area contributed by atoms with Crippen molar-refractivity contribution in [2.75, 3.05) is 21.3 Å². The first-order valence-electron chi connectivity index (χ1n) is 8.04. The molecule has 8 heteroatoms. The minimum atomic E-state index is -0.493. The first-order valence-corrected chi connectivity index (χ1v) is 8.04. The van der Waals surface area contributed by atoms with E-state index in [1.165, 1.54) is 0 Å².